The molecule has 3 heterocycles. The van der Waals surface area contributed by atoms with Gasteiger partial charge in [-0.05, 0) is 81.4 Å². The fourth-order valence-electron chi connectivity index (χ4n) is 7.93. The lowest BCUT2D eigenvalue weighted by Gasteiger charge is -2.41. The number of furan rings is 1. The lowest BCUT2D eigenvalue weighted by atomic mass is 10.1. The molecule has 0 amide bonds. The molecule has 0 bridgehead atoms. The van der Waals surface area contributed by atoms with E-state index in [1.54, 1.807) is 0 Å². The molecule has 0 atom stereocenters. The smallest absolute Gasteiger partial charge is 0.135 e. The number of hydrogen-bond acceptors (Lipinski definition) is 3. The predicted octanol–water partition coefficient (Wildman–Crippen LogP) is 8.80. The fraction of sp³-hybridized carbons (Fsp3) is 0.100. The third-order valence-corrected chi connectivity index (χ3v) is 17.3. The Labute approximate surface area is 266 Å². The van der Waals surface area contributed by atoms with Gasteiger partial charge in [-0.25, -0.2) is 0 Å². The van der Waals surface area contributed by atoms with Crippen molar-refractivity contribution in [2.45, 2.75) is 26.2 Å². The molecule has 0 unspecified atom stereocenters. The highest BCUT2D eigenvalue weighted by Gasteiger charge is 2.39. The van der Waals surface area contributed by atoms with Crippen LogP contribution >= 0.6 is 0 Å². The molecule has 45 heavy (non-hydrogen) atoms. The molecule has 0 N–H and O–H groups in total. The quantitative estimate of drug-likeness (QED) is 0.182. The standard InChI is InChI=1S/C40H34N2OSi2/c1-44(2)37-17-9-5-13-31(37)41(32-14-6-10-18-38(32)44)27-21-23-35-29(25-27)30-26-28(22-24-36(30)43-35)42-33-15-7-11-19-39(33)45(3,4)40-20-12-8-16-34(40)42/h5-26H,1-4H3. The van der Waals surface area contributed by atoms with Crippen molar-refractivity contribution in [1.82, 2.24) is 0 Å². The SMILES string of the molecule is C[Si]1(C)c2ccccc2N(c2ccc3oc4ccc(N5c6ccccc6[Si](C)(C)c6ccccc65)cc4c3c2)c2ccccc21. The van der Waals surface area contributed by atoms with Gasteiger partial charge in [-0.1, -0.05) is 99.0 Å². The van der Waals surface area contributed by atoms with Crippen molar-refractivity contribution in [1.29, 1.82) is 0 Å². The van der Waals surface area contributed by atoms with Crippen molar-refractivity contribution in [3.05, 3.63) is 133 Å². The number of nitrogens with zero attached hydrogens (tertiary/aromatic N) is 2. The van der Waals surface area contributed by atoms with Crippen molar-refractivity contribution in [3.8, 4) is 0 Å². The Balaban J connectivity index is 1.25. The monoisotopic (exact) mass is 614 g/mol. The highest BCUT2D eigenvalue weighted by molar-refractivity contribution is 7.03. The molecule has 3 nitrogen and oxygen atoms in total. The molecule has 0 aliphatic carbocycles. The Morgan fingerprint density at radius 3 is 1.04 bits per heavy atom. The maximum Gasteiger partial charge on any atom is 0.135 e. The maximum atomic E-state index is 6.46. The second-order valence-electron chi connectivity index (χ2n) is 13.5. The largest absolute Gasteiger partial charge is 0.456 e. The zero-order chi connectivity index (χ0) is 30.5. The Hall–Kier alpha value is -4.85. The van der Waals surface area contributed by atoms with Crippen LogP contribution in [0.3, 0.4) is 0 Å². The van der Waals surface area contributed by atoms with Crippen molar-refractivity contribution in [2.75, 3.05) is 9.80 Å². The summed E-state index contributed by atoms with van der Waals surface area (Å²) in [7, 11) is -3.70. The molecule has 5 heteroatoms. The molecule has 0 saturated carbocycles. The number of rotatable bonds is 2. The summed E-state index contributed by atoms with van der Waals surface area (Å²) in [5, 5.41) is 8.15. The van der Waals surface area contributed by atoms with Gasteiger partial charge < -0.3 is 14.2 Å². The molecule has 2 aliphatic heterocycles. The number of fused-ring (bicyclic) bond motifs is 7. The second-order valence-corrected chi connectivity index (χ2v) is 22.1. The molecule has 0 fully saturated rings. The first-order valence-corrected chi connectivity index (χ1v) is 21.8. The minimum atomic E-state index is -1.85. The van der Waals surface area contributed by atoms with E-state index in [0.717, 1.165) is 33.3 Å². The van der Waals surface area contributed by atoms with Gasteiger partial charge in [0.1, 0.15) is 27.3 Å². The van der Waals surface area contributed by atoms with Gasteiger partial charge in [0.2, 0.25) is 0 Å². The Morgan fingerprint density at radius 2 is 0.711 bits per heavy atom. The second kappa shape index (κ2) is 9.33. The van der Waals surface area contributed by atoms with Crippen molar-refractivity contribution >= 4 is 93.0 Å². The minimum absolute atomic E-state index is 0.909. The molecule has 6 aromatic carbocycles. The van der Waals surface area contributed by atoms with Crippen LogP contribution in [0.5, 0.6) is 0 Å². The molecular formula is C40H34N2OSi2. The van der Waals surface area contributed by atoms with Crippen LogP contribution in [-0.2, 0) is 0 Å². The van der Waals surface area contributed by atoms with Gasteiger partial charge in [-0.2, -0.15) is 0 Å². The number of anilines is 6. The number of hydrogen-bond donors (Lipinski definition) is 0. The highest BCUT2D eigenvalue weighted by Crippen LogP contribution is 2.43. The summed E-state index contributed by atoms with van der Waals surface area (Å²) >= 11 is 0. The van der Waals surface area contributed by atoms with Gasteiger partial charge in [0, 0.05) is 44.9 Å². The van der Waals surface area contributed by atoms with Crippen LogP contribution in [0.25, 0.3) is 21.9 Å². The molecule has 218 valence electrons. The Kier molecular flexibility index (Phi) is 5.50. The van der Waals surface area contributed by atoms with E-state index >= 15 is 0 Å². The van der Waals surface area contributed by atoms with E-state index in [9.17, 15) is 0 Å². The van der Waals surface area contributed by atoms with E-state index < -0.39 is 16.1 Å². The Morgan fingerprint density at radius 1 is 0.400 bits per heavy atom. The third kappa shape index (κ3) is 3.68. The zero-order valence-corrected chi connectivity index (χ0v) is 28.0. The molecule has 7 aromatic rings. The minimum Gasteiger partial charge on any atom is -0.456 e. The predicted molar refractivity (Wildman–Crippen MR) is 197 cm³/mol. The highest BCUT2D eigenvalue weighted by atomic mass is 28.3. The number of para-hydroxylation sites is 4. The maximum absolute atomic E-state index is 6.46. The molecule has 2 aliphatic rings. The Bertz CT molecular complexity index is 2060. The topological polar surface area (TPSA) is 19.6 Å². The average molecular weight is 615 g/mol. The van der Waals surface area contributed by atoms with Crippen LogP contribution in [0.4, 0.5) is 34.1 Å². The van der Waals surface area contributed by atoms with E-state index in [0.29, 0.717) is 0 Å². The normalized spacial score (nSPS) is 15.8. The van der Waals surface area contributed by atoms with E-state index in [-0.39, 0.29) is 0 Å². The van der Waals surface area contributed by atoms with Gasteiger partial charge in [0.05, 0.1) is 0 Å². The van der Waals surface area contributed by atoms with E-state index in [1.165, 1.54) is 43.5 Å². The van der Waals surface area contributed by atoms with Gasteiger partial charge >= 0.3 is 0 Å². The summed E-state index contributed by atoms with van der Waals surface area (Å²) in [4.78, 5) is 4.91. The average Bonchev–Trinajstić information content (AvgIpc) is 3.43. The van der Waals surface area contributed by atoms with E-state index in [1.807, 2.05) is 0 Å². The molecule has 0 saturated heterocycles. The van der Waals surface area contributed by atoms with Gasteiger partial charge in [-0.3, -0.25) is 0 Å². The number of benzene rings is 6. The molecule has 1 aromatic heterocycles. The van der Waals surface area contributed by atoms with Crippen molar-refractivity contribution < 1.29 is 4.42 Å². The summed E-state index contributed by atoms with van der Waals surface area (Å²) in [6.07, 6.45) is 0. The summed E-state index contributed by atoms with van der Waals surface area (Å²) in [5.74, 6) is 0. The first kappa shape index (κ1) is 26.5. The van der Waals surface area contributed by atoms with Crippen molar-refractivity contribution in [3.63, 3.8) is 0 Å². The van der Waals surface area contributed by atoms with Crippen LogP contribution in [-0.4, -0.2) is 16.1 Å². The lowest BCUT2D eigenvalue weighted by Crippen LogP contribution is -2.58. The third-order valence-electron chi connectivity index (χ3n) is 10.2. The van der Waals surface area contributed by atoms with Crippen LogP contribution in [0.1, 0.15) is 0 Å². The fourth-order valence-corrected chi connectivity index (χ4v) is 13.9. The summed E-state index contributed by atoms with van der Waals surface area (Å²) in [6, 6.07) is 49.3. The van der Waals surface area contributed by atoms with Gasteiger partial charge in [-0.15, -0.1) is 0 Å². The summed E-state index contributed by atoms with van der Waals surface area (Å²) in [5.41, 5.74) is 9.27. The van der Waals surface area contributed by atoms with Crippen LogP contribution < -0.4 is 30.5 Å². The lowest BCUT2D eigenvalue weighted by molar-refractivity contribution is 0.669. The molecular weight excluding hydrogens is 581 g/mol. The molecule has 0 spiro atoms. The zero-order valence-electron chi connectivity index (χ0n) is 26.0. The van der Waals surface area contributed by atoms with E-state index in [2.05, 4.69) is 169 Å². The first-order valence-electron chi connectivity index (χ1n) is 15.8. The molecule has 0 radical (unpaired) electrons. The first-order chi connectivity index (χ1) is 21.8. The summed E-state index contributed by atoms with van der Waals surface area (Å²) in [6.45, 7) is 9.88. The molecule has 9 rings (SSSR count). The van der Waals surface area contributed by atoms with Crippen LogP contribution in [0.2, 0.25) is 26.2 Å². The summed E-state index contributed by atoms with van der Waals surface area (Å²) < 4.78 is 6.46. The van der Waals surface area contributed by atoms with E-state index in [4.69, 9.17) is 4.42 Å². The van der Waals surface area contributed by atoms with Crippen LogP contribution in [0, 0.1) is 0 Å². The van der Waals surface area contributed by atoms with Crippen LogP contribution in [0.15, 0.2) is 138 Å². The van der Waals surface area contributed by atoms with Gasteiger partial charge in [0.25, 0.3) is 0 Å². The van der Waals surface area contributed by atoms with Crippen molar-refractivity contribution in [2.24, 2.45) is 0 Å². The van der Waals surface area contributed by atoms with Gasteiger partial charge in [0.15, 0.2) is 0 Å².